The molecular weight excluding hydrogens is 208 g/mol. The van der Waals surface area contributed by atoms with E-state index in [4.69, 9.17) is 9.29 Å². The summed E-state index contributed by atoms with van der Waals surface area (Å²) in [7, 11) is -4.35. The van der Waals surface area contributed by atoms with E-state index in [1.165, 1.54) is 0 Å². The highest BCUT2D eigenvalue weighted by molar-refractivity contribution is 7.80. The molecule has 0 aliphatic carbocycles. The lowest BCUT2D eigenvalue weighted by Crippen LogP contribution is -2.24. The van der Waals surface area contributed by atoms with Gasteiger partial charge in [0.05, 0.1) is 18.8 Å². The summed E-state index contributed by atoms with van der Waals surface area (Å²) in [5, 5.41) is 0. The van der Waals surface area contributed by atoms with Crippen molar-refractivity contribution in [1.82, 2.24) is 0 Å². The smallest absolute Gasteiger partial charge is 0.372 e. The second-order valence-corrected chi connectivity index (χ2v) is 4.90. The minimum Gasteiger partial charge on any atom is -0.372 e. The SMILES string of the molecule is CC1OC(COS(=O)(=O)O)C(C)C1C. The van der Waals surface area contributed by atoms with E-state index in [2.05, 4.69) is 4.18 Å². The molecule has 4 atom stereocenters. The molecule has 1 aliphatic rings. The first kappa shape index (κ1) is 11.9. The van der Waals surface area contributed by atoms with Gasteiger partial charge in [-0.25, -0.2) is 4.18 Å². The van der Waals surface area contributed by atoms with Crippen LogP contribution < -0.4 is 0 Å². The van der Waals surface area contributed by atoms with Crippen molar-refractivity contribution in [3.05, 3.63) is 0 Å². The molecule has 6 heteroatoms. The van der Waals surface area contributed by atoms with Crippen LogP contribution in [0.3, 0.4) is 0 Å². The topological polar surface area (TPSA) is 72.8 Å². The van der Waals surface area contributed by atoms with Gasteiger partial charge >= 0.3 is 10.4 Å². The van der Waals surface area contributed by atoms with E-state index in [0.717, 1.165) is 0 Å². The Morgan fingerprint density at radius 1 is 1.29 bits per heavy atom. The molecule has 1 fully saturated rings. The minimum absolute atomic E-state index is 0.0972. The third-order valence-electron chi connectivity index (χ3n) is 2.93. The molecule has 1 rings (SSSR count). The molecule has 0 amide bonds. The summed E-state index contributed by atoms with van der Waals surface area (Å²) in [6, 6.07) is 0. The lowest BCUT2D eigenvalue weighted by Gasteiger charge is -2.14. The van der Waals surface area contributed by atoms with Crippen molar-refractivity contribution in [1.29, 1.82) is 0 Å². The maximum Gasteiger partial charge on any atom is 0.397 e. The van der Waals surface area contributed by atoms with Gasteiger partial charge in [-0.1, -0.05) is 13.8 Å². The summed E-state index contributed by atoms with van der Waals surface area (Å²) < 4.78 is 38.8. The first-order valence-corrected chi connectivity index (χ1v) is 5.95. The Morgan fingerprint density at radius 3 is 2.21 bits per heavy atom. The van der Waals surface area contributed by atoms with Crippen LogP contribution in [-0.4, -0.2) is 31.8 Å². The van der Waals surface area contributed by atoms with Crippen molar-refractivity contribution in [3.8, 4) is 0 Å². The predicted octanol–water partition coefficient (Wildman–Crippen LogP) is 0.865. The minimum atomic E-state index is -4.35. The molecule has 0 bridgehead atoms. The highest BCUT2D eigenvalue weighted by Crippen LogP contribution is 2.31. The molecule has 1 saturated heterocycles. The average molecular weight is 224 g/mol. The van der Waals surface area contributed by atoms with Crippen molar-refractivity contribution in [2.75, 3.05) is 6.61 Å². The van der Waals surface area contributed by atoms with Gasteiger partial charge in [0.1, 0.15) is 0 Å². The summed E-state index contributed by atoms with van der Waals surface area (Å²) in [5.74, 6) is 0.594. The average Bonchev–Trinajstić information content (AvgIpc) is 2.28. The third-order valence-corrected chi connectivity index (χ3v) is 3.36. The Morgan fingerprint density at radius 2 is 1.86 bits per heavy atom. The van der Waals surface area contributed by atoms with Crippen molar-refractivity contribution < 1.29 is 21.9 Å². The molecule has 1 heterocycles. The second kappa shape index (κ2) is 4.14. The van der Waals surface area contributed by atoms with Gasteiger partial charge in [-0.05, 0) is 18.8 Å². The van der Waals surface area contributed by atoms with Crippen LogP contribution in [-0.2, 0) is 19.3 Å². The normalized spacial score (nSPS) is 38.9. The Kier molecular flexibility index (Phi) is 3.52. The molecule has 0 radical (unpaired) electrons. The molecule has 4 unspecified atom stereocenters. The molecule has 1 aliphatic heterocycles. The first-order valence-electron chi connectivity index (χ1n) is 4.58. The van der Waals surface area contributed by atoms with E-state index in [0.29, 0.717) is 5.92 Å². The van der Waals surface area contributed by atoms with E-state index in [-0.39, 0.29) is 24.7 Å². The van der Waals surface area contributed by atoms with Gasteiger partial charge in [0.15, 0.2) is 0 Å². The molecule has 0 aromatic heterocycles. The van der Waals surface area contributed by atoms with Crippen LogP contribution in [0.25, 0.3) is 0 Å². The van der Waals surface area contributed by atoms with Gasteiger partial charge in [0.25, 0.3) is 0 Å². The van der Waals surface area contributed by atoms with Crippen molar-refractivity contribution in [2.45, 2.75) is 33.0 Å². The molecule has 14 heavy (non-hydrogen) atoms. The van der Waals surface area contributed by atoms with Gasteiger partial charge in [-0.3, -0.25) is 4.55 Å². The Hall–Kier alpha value is -0.170. The van der Waals surface area contributed by atoms with E-state index in [1.807, 2.05) is 20.8 Å². The molecule has 0 spiro atoms. The molecule has 1 N–H and O–H groups in total. The maximum absolute atomic E-state index is 10.3. The zero-order chi connectivity index (χ0) is 10.9. The third kappa shape index (κ3) is 2.91. The van der Waals surface area contributed by atoms with Gasteiger partial charge in [-0.15, -0.1) is 0 Å². The first-order chi connectivity index (χ1) is 6.31. The Labute approximate surface area is 84.4 Å². The molecule has 84 valence electrons. The number of ether oxygens (including phenoxy) is 1. The molecule has 0 aromatic carbocycles. The second-order valence-electron chi connectivity index (χ2n) is 3.81. The standard InChI is InChI=1S/C8H16O5S/c1-5-6(2)8(13-7(5)3)4-12-14(9,10)11/h5-8H,4H2,1-3H3,(H,9,10,11). The van der Waals surface area contributed by atoms with Crippen LogP contribution in [0.15, 0.2) is 0 Å². The maximum atomic E-state index is 10.3. The number of rotatable bonds is 3. The number of hydrogen-bond acceptors (Lipinski definition) is 4. The molecule has 5 nitrogen and oxygen atoms in total. The van der Waals surface area contributed by atoms with Crippen LogP contribution >= 0.6 is 0 Å². The zero-order valence-electron chi connectivity index (χ0n) is 8.50. The number of hydrogen-bond donors (Lipinski definition) is 1. The summed E-state index contributed by atoms with van der Waals surface area (Å²) >= 11 is 0. The lowest BCUT2D eigenvalue weighted by molar-refractivity contribution is 0.0119. The summed E-state index contributed by atoms with van der Waals surface area (Å²) in [6.45, 7) is 5.85. The highest BCUT2D eigenvalue weighted by Gasteiger charge is 2.37. The summed E-state index contributed by atoms with van der Waals surface area (Å²) in [6.07, 6.45) is -0.165. The Bertz CT molecular complexity index is 286. The van der Waals surface area contributed by atoms with Crippen LogP contribution in [0.5, 0.6) is 0 Å². The van der Waals surface area contributed by atoms with Crippen LogP contribution in [0.4, 0.5) is 0 Å². The molecule has 0 aromatic rings. The van der Waals surface area contributed by atoms with Crippen LogP contribution in [0, 0.1) is 11.8 Å². The quantitative estimate of drug-likeness (QED) is 0.720. The van der Waals surface area contributed by atoms with Crippen molar-refractivity contribution in [3.63, 3.8) is 0 Å². The van der Waals surface area contributed by atoms with Crippen LogP contribution in [0.1, 0.15) is 20.8 Å². The summed E-state index contributed by atoms with van der Waals surface area (Å²) in [4.78, 5) is 0. The molecular formula is C8H16O5S. The van der Waals surface area contributed by atoms with E-state index >= 15 is 0 Å². The lowest BCUT2D eigenvalue weighted by atomic mass is 9.91. The van der Waals surface area contributed by atoms with Crippen molar-refractivity contribution >= 4 is 10.4 Å². The largest absolute Gasteiger partial charge is 0.397 e. The van der Waals surface area contributed by atoms with Crippen LogP contribution in [0.2, 0.25) is 0 Å². The predicted molar refractivity (Wildman–Crippen MR) is 50.2 cm³/mol. The monoisotopic (exact) mass is 224 g/mol. The summed E-state index contributed by atoms with van der Waals surface area (Å²) in [5.41, 5.74) is 0. The van der Waals surface area contributed by atoms with Gasteiger partial charge < -0.3 is 4.74 Å². The van der Waals surface area contributed by atoms with E-state index in [9.17, 15) is 8.42 Å². The van der Waals surface area contributed by atoms with Gasteiger partial charge in [0, 0.05) is 0 Å². The van der Waals surface area contributed by atoms with Crippen molar-refractivity contribution in [2.24, 2.45) is 11.8 Å². The van der Waals surface area contributed by atoms with E-state index < -0.39 is 10.4 Å². The highest BCUT2D eigenvalue weighted by atomic mass is 32.3. The fraction of sp³-hybridized carbons (Fsp3) is 1.00. The fourth-order valence-electron chi connectivity index (χ4n) is 1.63. The van der Waals surface area contributed by atoms with E-state index in [1.54, 1.807) is 0 Å². The fourth-order valence-corrected chi connectivity index (χ4v) is 1.94. The van der Waals surface area contributed by atoms with Gasteiger partial charge in [-0.2, -0.15) is 8.42 Å². The van der Waals surface area contributed by atoms with Gasteiger partial charge in [0.2, 0.25) is 0 Å². The zero-order valence-corrected chi connectivity index (χ0v) is 9.32. The molecule has 0 saturated carbocycles. The Balaban J connectivity index is 2.48.